The highest BCUT2D eigenvalue weighted by Crippen LogP contribution is 2.12. The molecule has 1 aromatic heterocycles. The number of carbonyl (C=O) groups is 1. The minimum Gasteiger partial charge on any atom is -0.378 e. The largest absolute Gasteiger partial charge is 0.378 e. The highest BCUT2D eigenvalue weighted by atomic mass is 35.5. The van der Waals surface area contributed by atoms with Crippen LogP contribution in [-0.4, -0.2) is 42.2 Å². The standard InChI is InChI=1S/C16H17ClN4O2/c17-13-3-1-2-12(10-13)15(22)19-11-14-4-5-18-16(20-14)21-6-8-23-9-7-21/h1-5,10H,6-9,11H2,(H,19,22). The van der Waals surface area contributed by atoms with Crippen molar-refractivity contribution in [1.82, 2.24) is 15.3 Å². The molecule has 1 amide bonds. The van der Waals surface area contributed by atoms with E-state index in [2.05, 4.69) is 20.2 Å². The predicted octanol–water partition coefficient (Wildman–Crippen LogP) is 1.90. The first-order valence-corrected chi connectivity index (χ1v) is 7.78. The number of hydrogen-bond donors (Lipinski definition) is 1. The molecule has 0 saturated carbocycles. The average molecular weight is 333 g/mol. The van der Waals surface area contributed by atoms with Gasteiger partial charge in [0, 0.05) is 29.9 Å². The van der Waals surface area contributed by atoms with Crippen LogP contribution in [0, 0.1) is 0 Å². The summed E-state index contributed by atoms with van der Waals surface area (Å²) in [7, 11) is 0. The van der Waals surface area contributed by atoms with E-state index in [1.165, 1.54) is 0 Å². The number of aromatic nitrogens is 2. The van der Waals surface area contributed by atoms with Crippen LogP contribution in [0.25, 0.3) is 0 Å². The van der Waals surface area contributed by atoms with Crippen LogP contribution in [-0.2, 0) is 11.3 Å². The molecule has 0 bridgehead atoms. The molecule has 0 spiro atoms. The van der Waals surface area contributed by atoms with Crippen LogP contribution >= 0.6 is 11.6 Å². The molecule has 1 aromatic carbocycles. The molecule has 0 unspecified atom stereocenters. The van der Waals surface area contributed by atoms with Crippen molar-refractivity contribution in [3.8, 4) is 0 Å². The maximum Gasteiger partial charge on any atom is 0.251 e. The molecule has 1 fully saturated rings. The molecule has 1 aliphatic heterocycles. The van der Waals surface area contributed by atoms with Gasteiger partial charge in [0.05, 0.1) is 25.5 Å². The summed E-state index contributed by atoms with van der Waals surface area (Å²) in [5.74, 6) is 0.488. The van der Waals surface area contributed by atoms with E-state index in [9.17, 15) is 4.79 Å². The SMILES string of the molecule is O=C(NCc1ccnc(N2CCOCC2)n1)c1cccc(Cl)c1. The van der Waals surface area contributed by atoms with Gasteiger partial charge in [-0.2, -0.15) is 0 Å². The molecule has 2 aromatic rings. The van der Waals surface area contributed by atoms with Crippen molar-refractivity contribution in [2.45, 2.75) is 6.54 Å². The van der Waals surface area contributed by atoms with Crippen LogP contribution in [0.15, 0.2) is 36.5 Å². The molecule has 120 valence electrons. The molecule has 1 aliphatic rings. The Morgan fingerprint density at radius 2 is 2.13 bits per heavy atom. The number of nitrogens with one attached hydrogen (secondary N) is 1. The summed E-state index contributed by atoms with van der Waals surface area (Å²) in [6.45, 7) is 3.25. The van der Waals surface area contributed by atoms with Crippen LogP contribution in [0.4, 0.5) is 5.95 Å². The second-order valence-corrected chi connectivity index (χ2v) is 5.58. The monoisotopic (exact) mass is 332 g/mol. The number of morpholine rings is 1. The number of anilines is 1. The molecule has 7 heteroatoms. The van der Waals surface area contributed by atoms with Gasteiger partial charge in [0.25, 0.3) is 5.91 Å². The number of rotatable bonds is 4. The normalized spacial score (nSPS) is 14.6. The molecule has 23 heavy (non-hydrogen) atoms. The van der Waals surface area contributed by atoms with E-state index >= 15 is 0 Å². The zero-order valence-corrected chi connectivity index (χ0v) is 13.3. The third-order valence-electron chi connectivity index (χ3n) is 3.51. The van der Waals surface area contributed by atoms with Crippen LogP contribution in [0.2, 0.25) is 5.02 Å². The minimum atomic E-state index is -0.181. The summed E-state index contributed by atoms with van der Waals surface area (Å²) in [5.41, 5.74) is 1.29. The van der Waals surface area contributed by atoms with Gasteiger partial charge in [-0.25, -0.2) is 9.97 Å². The lowest BCUT2D eigenvalue weighted by Crippen LogP contribution is -2.37. The smallest absolute Gasteiger partial charge is 0.251 e. The Balaban J connectivity index is 1.63. The van der Waals surface area contributed by atoms with Gasteiger partial charge in [-0.3, -0.25) is 4.79 Å². The topological polar surface area (TPSA) is 67.4 Å². The Morgan fingerprint density at radius 1 is 1.30 bits per heavy atom. The van der Waals surface area contributed by atoms with Gasteiger partial charge < -0.3 is 15.0 Å². The van der Waals surface area contributed by atoms with E-state index in [1.807, 2.05) is 0 Å². The first-order valence-electron chi connectivity index (χ1n) is 7.41. The number of nitrogens with zero attached hydrogens (tertiary/aromatic N) is 3. The van der Waals surface area contributed by atoms with Crippen LogP contribution in [0.5, 0.6) is 0 Å². The lowest BCUT2D eigenvalue weighted by atomic mass is 10.2. The van der Waals surface area contributed by atoms with Crippen molar-refractivity contribution in [3.05, 3.63) is 52.8 Å². The van der Waals surface area contributed by atoms with E-state index in [4.69, 9.17) is 16.3 Å². The maximum atomic E-state index is 12.1. The Morgan fingerprint density at radius 3 is 2.91 bits per heavy atom. The zero-order valence-electron chi connectivity index (χ0n) is 12.5. The second kappa shape index (κ2) is 7.39. The van der Waals surface area contributed by atoms with Gasteiger partial charge in [0.2, 0.25) is 5.95 Å². The fourth-order valence-corrected chi connectivity index (χ4v) is 2.49. The van der Waals surface area contributed by atoms with Gasteiger partial charge in [0.1, 0.15) is 0 Å². The van der Waals surface area contributed by atoms with E-state index in [0.29, 0.717) is 36.3 Å². The van der Waals surface area contributed by atoms with Crippen molar-refractivity contribution in [2.75, 3.05) is 31.2 Å². The molecular formula is C16H17ClN4O2. The summed E-state index contributed by atoms with van der Waals surface area (Å²) in [4.78, 5) is 23.0. The molecule has 0 atom stereocenters. The van der Waals surface area contributed by atoms with Gasteiger partial charge in [-0.1, -0.05) is 17.7 Å². The second-order valence-electron chi connectivity index (χ2n) is 5.14. The summed E-state index contributed by atoms with van der Waals surface area (Å²) in [5, 5.41) is 3.38. The third-order valence-corrected chi connectivity index (χ3v) is 3.75. The lowest BCUT2D eigenvalue weighted by molar-refractivity contribution is 0.0950. The molecule has 3 rings (SSSR count). The fraction of sp³-hybridized carbons (Fsp3) is 0.312. The van der Waals surface area contributed by atoms with Crippen molar-refractivity contribution in [2.24, 2.45) is 0 Å². The molecule has 1 N–H and O–H groups in total. The number of hydrogen-bond acceptors (Lipinski definition) is 5. The Bertz CT molecular complexity index is 689. The van der Waals surface area contributed by atoms with E-state index in [0.717, 1.165) is 18.8 Å². The summed E-state index contributed by atoms with van der Waals surface area (Å²) >= 11 is 5.90. The Hall–Kier alpha value is -2.18. The van der Waals surface area contributed by atoms with E-state index in [-0.39, 0.29) is 5.91 Å². The van der Waals surface area contributed by atoms with E-state index in [1.54, 1.807) is 36.5 Å². The van der Waals surface area contributed by atoms with Crippen molar-refractivity contribution >= 4 is 23.5 Å². The lowest BCUT2D eigenvalue weighted by Gasteiger charge is -2.26. The molecule has 0 radical (unpaired) electrons. The predicted molar refractivity (Wildman–Crippen MR) is 87.7 cm³/mol. The van der Waals surface area contributed by atoms with Gasteiger partial charge >= 0.3 is 0 Å². The fourth-order valence-electron chi connectivity index (χ4n) is 2.30. The summed E-state index contributed by atoms with van der Waals surface area (Å²) in [6, 6.07) is 8.63. The van der Waals surface area contributed by atoms with Gasteiger partial charge in [0.15, 0.2) is 0 Å². The number of ether oxygens (including phenoxy) is 1. The van der Waals surface area contributed by atoms with Crippen LogP contribution < -0.4 is 10.2 Å². The first kappa shape index (κ1) is 15.7. The van der Waals surface area contributed by atoms with Crippen molar-refractivity contribution in [3.63, 3.8) is 0 Å². The number of benzene rings is 1. The quantitative estimate of drug-likeness (QED) is 0.926. The van der Waals surface area contributed by atoms with Crippen LogP contribution in [0.3, 0.4) is 0 Å². The average Bonchev–Trinajstić information content (AvgIpc) is 2.61. The van der Waals surface area contributed by atoms with Gasteiger partial charge in [-0.15, -0.1) is 0 Å². The van der Waals surface area contributed by atoms with E-state index < -0.39 is 0 Å². The molecule has 2 heterocycles. The maximum absolute atomic E-state index is 12.1. The zero-order chi connectivity index (χ0) is 16.1. The Kier molecular flexibility index (Phi) is 5.05. The molecular weight excluding hydrogens is 316 g/mol. The van der Waals surface area contributed by atoms with Crippen molar-refractivity contribution < 1.29 is 9.53 Å². The first-order chi connectivity index (χ1) is 11.2. The summed E-state index contributed by atoms with van der Waals surface area (Å²) in [6.07, 6.45) is 1.71. The van der Waals surface area contributed by atoms with Crippen molar-refractivity contribution in [1.29, 1.82) is 0 Å². The molecule has 6 nitrogen and oxygen atoms in total. The number of carbonyl (C=O) groups excluding carboxylic acids is 1. The minimum absolute atomic E-state index is 0.181. The van der Waals surface area contributed by atoms with Crippen LogP contribution in [0.1, 0.15) is 16.1 Å². The third kappa shape index (κ3) is 4.18. The summed E-state index contributed by atoms with van der Waals surface area (Å²) < 4.78 is 5.32. The highest BCUT2D eigenvalue weighted by molar-refractivity contribution is 6.30. The van der Waals surface area contributed by atoms with Gasteiger partial charge in [-0.05, 0) is 24.3 Å². The molecule has 0 aliphatic carbocycles. The number of halogens is 1. The number of amides is 1. The Labute approximate surface area is 139 Å². The highest BCUT2D eigenvalue weighted by Gasteiger charge is 2.14. The molecule has 1 saturated heterocycles.